The number of nitrogens with zero attached hydrogens (tertiary/aromatic N) is 2. The first-order chi connectivity index (χ1) is 13.8. The molecule has 1 amide bonds. The van der Waals surface area contributed by atoms with Crippen molar-refractivity contribution in [1.29, 1.82) is 0 Å². The lowest BCUT2D eigenvalue weighted by atomic mass is 10.1. The van der Waals surface area contributed by atoms with Crippen molar-refractivity contribution in [3.05, 3.63) is 64.8 Å². The lowest BCUT2D eigenvalue weighted by Gasteiger charge is -2.12. The fourth-order valence-corrected chi connectivity index (χ4v) is 3.46. The minimum atomic E-state index is -0.506. The first-order valence-corrected chi connectivity index (χ1v) is 10.1. The highest BCUT2D eigenvalue weighted by atomic mass is 32.2. The molecule has 1 atom stereocenters. The van der Waals surface area contributed by atoms with Gasteiger partial charge in [0.2, 0.25) is 5.91 Å². The van der Waals surface area contributed by atoms with E-state index in [0.717, 1.165) is 34.1 Å². The zero-order valence-electron chi connectivity index (χ0n) is 16.7. The molecule has 1 heterocycles. The minimum Gasteiger partial charge on any atom is -0.481 e. The first-order valence-electron chi connectivity index (χ1n) is 9.08. The van der Waals surface area contributed by atoms with Gasteiger partial charge in [-0.2, -0.15) is 0 Å². The summed E-state index contributed by atoms with van der Waals surface area (Å²) in [5.41, 5.74) is 4.02. The Morgan fingerprint density at radius 1 is 1.17 bits per heavy atom. The Bertz CT molecular complexity index is 982. The van der Waals surface area contributed by atoms with E-state index in [9.17, 15) is 9.18 Å². The second-order valence-electron chi connectivity index (χ2n) is 6.73. The van der Waals surface area contributed by atoms with Crippen molar-refractivity contribution in [1.82, 2.24) is 10.2 Å². The average molecular weight is 415 g/mol. The highest BCUT2D eigenvalue weighted by Crippen LogP contribution is 2.25. The van der Waals surface area contributed by atoms with E-state index < -0.39 is 6.10 Å². The Balaban J connectivity index is 1.55. The molecule has 6 nitrogen and oxygen atoms in total. The van der Waals surface area contributed by atoms with Gasteiger partial charge in [0.15, 0.2) is 6.10 Å². The van der Waals surface area contributed by atoms with Gasteiger partial charge in [-0.3, -0.25) is 4.79 Å². The van der Waals surface area contributed by atoms with Gasteiger partial charge < -0.3 is 14.5 Å². The van der Waals surface area contributed by atoms with Gasteiger partial charge in [0.1, 0.15) is 11.6 Å². The molecule has 1 N–H and O–H groups in total. The molecule has 1 aromatic heterocycles. The number of ether oxygens (including phenoxy) is 1. The molecule has 0 saturated carbocycles. The van der Waals surface area contributed by atoms with Gasteiger partial charge in [0.25, 0.3) is 11.1 Å². The summed E-state index contributed by atoms with van der Waals surface area (Å²) in [5.74, 6) is 0.426. The van der Waals surface area contributed by atoms with Crippen LogP contribution >= 0.6 is 11.8 Å². The smallest absolute Gasteiger partial charge is 0.277 e. The fraction of sp³-hybridized carbons (Fsp3) is 0.286. The number of carbonyl (C=O) groups is 1. The van der Waals surface area contributed by atoms with Crippen LogP contribution in [0.25, 0.3) is 0 Å². The van der Waals surface area contributed by atoms with Crippen LogP contribution < -0.4 is 10.1 Å². The molecular weight excluding hydrogens is 393 g/mol. The maximum Gasteiger partial charge on any atom is 0.277 e. The number of carbonyl (C=O) groups excluding carboxylic acids is 1. The molecule has 0 fully saturated rings. The molecule has 0 spiro atoms. The van der Waals surface area contributed by atoms with E-state index in [1.54, 1.807) is 6.92 Å². The fourth-order valence-electron chi connectivity index (χ4n) is 2.89. The molecule has 0 aliphatic carbocycles. The van der Waals surface area contributed by atoms with Gasteiger partial charge in [-0.25, -0.2) is 4.39 Å². The van der Waals surface area contributed by atoms with Crippen LogP contribution in [0.5, 0.6) is 5.75 Å². The standard InChI is InChI=1S/C21H22FN3O3S/c1-12-9-13(2)19(14(3)10-12)23-18(26)11-29-21-25-24-20(28-21)15(4)27-17-7-5-16(22)6-8-17/h5-10,15H,11H2,1-4H3,(H,23,26)/t15-/m0/s1. The molecule has 0 bridgehead atoms. The zero-order valence-corrected chi connectivity index (χ0v) is 17.5. The van der Waals surface area contributed by atoms with Crippen LogP contribution in [0, 0.1) is 26.6 Å². The second-order valence-corrected chi connectivity index (χ2v) is 7.66. The van der Waals surface area contributed by atoms with Crippen LogP contribution in [0.4, 0.5) is 10.1 Å². The summed E-state index contributed by atoms with van der Waals surface area (Å²) >= 11 is 1.15. The number of halogens is 1. The molecule has 152 valence electrons. The lowest BCUT2D eigenvalue weighted by Crippen LogP contribution is -2.15. The number of aryl methyl sites for hydroxylation is 3. The van der Waals surface area contributed by atoms with Crippen LogP contribution in [-0.2, 0) is 4.79 Å². The van der Waals surface area contributed by atoms with Crippen molar-refractivity contribution in [2.75, 3.05) is 11.1 Å². The van der Waals surface area contributed by atoms with Gasteiger partial charge in [-0.15, -0.1) is 10.2 Å². The van der Waals surface area contributed by atoms with E-state index in [0.29, 0.717) is 5.75 Å². The molecule has 0 radical (unpaired) electrons. The predicted octanol–water partition coefficient (Wildman–Crippen LogP) is 5.00. The van der Waals surface area contributed by atoms with Gasteiger partial charge in [0.05, 0.1) is 5.75 Å². The molecule has 3 rings (SSSR count). The van der Waals surface area contributed by atoms with Crippen LogP contribution in [0.1, 0.15) is 35.6 Å². The number of benzene rings is 2. The average Bonchev–Trinajstić information content (AvgIpc) is 3.14. The SMILES string of the molecule is Cc1cc(C)c(NC(=O)CSc2nnc([C@H](C)Oc3ccc(F)cc3)o2)c(C)c1. The Labute approximate surface area is 172 Å². The summed E-state index contributed by atoms with van der Waals surface area (Å²) in [4.78, 5) is 12.3. The first kappa shape index (κ1) is 20.9. The van der Waals surface area contributed by atoms with E-state index in [2.05, 4.69) is 15.5 Å². The number of rotatable bonds is 7. The Morgan fingerprint density at radius 2 is 1.83 bits per heavy atom. The van der Waals surface area contributed by atoms with Gasteiger partial charge in [-0.05, 0) is 63.1 Å². The third-order valence-electron chi connectivity index (χ3n) is 4.16. The zero-order chi connectivity index (χ0) is 21.0. The van der Waals surface area contributed by atoms with E-state index in [1.165, 1.54) is 24.3 Å². The highest BCUT2D eigenvalue weighted by Gasteiger charge is 2.17. The molecule has 0 aliphatic rings. The minimum absolute atomic E-state index is 0.140. The van der Waals surface area contributed by atoms with Gasteiger partial charge in [0, 0.05) is 5.69 Å². The number of aromatic nitrogens is 2. The summed E-state index contributed by atoms with van der Waals surface area (Å²) in [6.07, 6.45) is -0.506. The van der Waals surface area contributed by atoms with Crippen molar-refractivity contribution in [3.63, 3.8) is 0 Å². The van der Waals surface area contributed by atoms with Crippen LogP contribution in [0.3, 0.4) is 0 Å². The van der Waals surface area contributed by atoms with Crippen molar-refractivity contribution < 1.29 is 18.3 Å². The molecule has 3 aromatic rings. The van der Waals surface area contributed by atoms with Crippen molar-refractivity contribution in [2.45, 2.75) is 39.0 Å². The molecule has 29 heavy (non-hydrogen) atoms. The van der Waals surface area contributed by atoms with Crippen molar-refractivity contribution >= 4 is 23.4 Å². The summed E-state index contributed by atoms with van der Waals surface area (Å²) in [6.45, 7) is 7.71. The lowest BCUT2D eigenvalue weighted by molar-refractivity contribution is -0.113. The third-order valence-corrected chi connectivity index (χ3v) is 4.98. The van der Waals surface area contributed by atoms with Gasteiger partial charge >= 0.3 is 0 Å². The maximum atomic E-state index is 13.0. The van der Waals surface area contributed by atoms with E-state index in [-0.39, 0.29) is 28.6 Å². The van der Waals surface area contributed by atoms with E-state index in [1.807, 2.05) is 32.9 Å². The van der Waals surface area contributed by atoms with E-state index >= 15 is 0 Å². The number of hydrogen-bond donors (Lipinski definition) is 1. The third kappa shape index (κ3) is 5.57. The van der Waals surface area contributed by atoms with Crippen LogP contribution in [-0.4, -0.2) is 21.9 Å². The second kappa shape index (κ2) is 9.09. The summed E-state index contributed by atoms with van der Waals surface area (Å²) in [7, 11) is 0. The molecule has 2 aromatic carbocycles. The summed E-state index contributed by atoms with van der Waals surface area (Å²) in [5, 5.41) is 11.1. The molecular formula is C21H22FN3O3S. The molecule has 8 heteroatoms. The van der Waals surface area contributed by atoms with Gasteiger partial charge in [-0.1, -0.05) is 29.5 Å². The molecule has 0 aliphatic heterocycles. The van der Waals surface area contributed by atoms with Crippen LogP contribution in [0.15, 0.2) is 46.0 Å². The topological polar surface area (TPSA) is 77.2 Å². The normalized spacial score (nSPS) is 11.9. The maximum absolute atomic E-state index is 13.0. The van der Waals surface area contributed by atoms with Crippen molar-refractivity contribution in [3.8, 4) is 5.75 Å². The predicted molar refractivity (Wildman–Crippen MR) is 110 cm³/mol. The van der Waals surface area contributed by atoms with E-state index in [4.69, 9.17) is 9.15 Å². The largest absolute Gasteiger partial charge is 0.481 e. The number of amides is 1. The number of nitrogens with one attached hydrogen (secondary N) is 1. The Morgan fingerprint density at radius 3 is 2.48 bits per heavy atom. The number of thioether (sulfide) groups is 1. The Hall–Kier alpha value is -2.87. The number of anilines is 1. The summed E-state index contributed by atoms with van der Waals surface area (Å²) in [6, 6.07) is 9.74. The Kier molecular flexibility index (Phi) is 6.53. The van der Waals surface area contributed by atoms with Crippen LogP contribution in [0.2, 0.25) is 0 Å². The summed E-state index contributed by atoms with van der Waals surface area (Å²) < 4.78 is 24.2. The monoisotopic (exact) mass is 415 g/mol. The number of hydrogen-bond acceptors (Lipinski definition) is 6. The molecule has 0 saturated heterocycles. The highest BCUT2D eigenvalue weighted by molar-refractivity contribution is 7.99. The quantitative estimate of drug-likeness (QED) is 0.547. The molecule has 0 unspecified atom stereocenters. The van der Waals surface area contributed by atoms with Crippen molar-refractivity contribution in [2.24, 2.45) is 0 Å².